The third-order valence-corrected chi connectivity index (χ3v) is 8.18. The molecule has 1 aliphatic rings. The van der Waals surface area contributed by atoms with E-state index in [2.05, 4.69) is 11.4 Å². The molecule has 0 radical (unpaired) electrons. The van der Waals surface area contributed by atoms with Gasteiger partial charge in [0.25, 0.3) is 11.8 Å². The van der Waals surface area contributed by atoms with E-state index in [-0.39, 0.29) is 11.8 Å². The summed E-state index contributed by atoms with van der Waals surface area (Å²) >= 11 is 0. The maximum atomic E-state index is 13.9. The van der Waals surface area contributed by atoms with Crippen molar-refractivity contribution in [3.63, 3.8) is 0 Å². The van der Waals surface area contributed by atoms with E-state index in [0.29, 0.717) is 39.7 Å². The van der Waals surface area contributed by atoms with Crippen LogP contribution in [0.3, 0.4) is 0 Å². The molecule has 0 unspecified atom stereocenters. The Balaban J connectivity index is 1.55. The number of carbonyl (C=O) groups excluding carboxylic acids is 2. The van der Waals surface area contributed by atoms with Crippen LogP contribution in [0.15, 0.2) is 94.7 Å². The number of rotatable bonds is 5. The molecule has 0 spiro atoms. The predicted octanol–water partition coefficient (Wildman–Crippen LogP) is 5.87. The summed E-state index contributed by atoms with van der Waals surface area (Å²) in [6.07, 6.45) is 0. The number of hydrogen-bond donors (Lipinski definition) is 1. The van der Waals surface area contributed by atoms with Crippen LogP contribution in [0.25, 0.3) is 0 Å². The highest BCUT2D eigenvalue weighted by Gasteiger charge is 2.31. The Bertz CT molecular complexity index is 1540. The molecule has 0 aliphatic carbocycles. The van der Waals surface area contributed by atoms with Gasteiger partial charge in [-0.25, -0.2) is 4.21 Å². The zero-order valence-electron chi connectivity index (χ0n) is 21.1. The summed E-state index contributed by atoms with van der Waals surface area (Å²) in [6, 6.07) is 26.2. The van der Waals surface area contributed by atoms with Gasteiger partial charge >= 0.3 is 0 Å². The van der Waals surface area contributed by atoms with Crippen molar-refractivity contribution < 1.29 is 13.8 Å². The monoisotopic (exact) mass is 508 g/mol. The molecule has 0 aromatic heterocycles. The quantitative estimate of drug-likeness (QED) is 0.367. The standard InChI is InChI=1S/C31H28N2O3S/c1-20-9-12-23(13-10-20)18-32-30(34)24-14-15-29-27(17-24)33(19-25-16-21(2)8-11-22(25)3)31(35)26-6-4-5-7-28(26)37(29)36/h4-17H,18-19H2,1-3H3,(H,32,34)/t37-/m1/s1. The van der Waals surface area contributed by atoms with E-state index in [0.717, 1.165) is 27.8 Å². The summed E-state index contributed by atoms with van der Waals surface area (Å²) in [5.74, 6) is -0.490. The number of aryl methyl sites for hydroxylation is 3. The second kappa shape index (κ2) is 10.1. The molecule has 0 saturated heterocycles. The van der Waals surface area contributed by atoms with Gasteiger partial charge in [-0.2, -0.15) is 0 Å². The molecular formula is C31H28N2O3S. The van der Waals surface area contributed by atoms with Crippen molar-refractivity contribution in [1.29, 1.82) is 0 Å². The summed E-state index contributed by atoms with van der Waals surface area (Å²) in [5.41, 5.74) is 6.62. The van der Waals surface area contributed by atoms with Crippen molar-refractivity contribution in [3.05, 3.63) is 124 Å². The zero-order valence-corrected chi connectivity index (χ0v) is 21.9. The van der Waals surface area contributed by atoms with E-state index in [4.69, 9.17) is 0 Å². The van der Waals surface area contributed by atoms with Gasteiger partial charge in [-0.1, -0.05) is 65.7 Å². The van der Waals surface area contributed by atoms with Gasteiger partial charge < -0.3 is 10.2 Å². The van der Waals surface area contributed by atoms with Crippen LogP contribution in [0, 0.1) is 20.8 Å². The fourth-order valence-electron chi connectivity index (χ4n) is 4.49. The minimum atomic E-state index is -1.57. The van der Waals surface area contributed by atoms with E-state index in [1.54, 1.807) is 47.4 Å². The van der Waals surface area contributed by atoms with Crippen molar-refractivity contribution in [3.8, 4) is 0 Å². The Kier molecular flexibility index (Phi) is 6.76. The highest BCUT2D eigenvalue weighted by Crippen LogP contribution is 2.36. The molecule has 0 bridgehead atoms. The van der Waals surface area contributed by atoms with E-state index in [9.17, 15) is 13.8 Å². The highest BCUT2D eigenvalue weighted by atomic mass is 32.2. The van der Waals surface area contributed by atoms with Gasteiger partial charge in [0.05, 0.1) is 38.4 Å². The fourth-order valence-corrected chi connectivity index (χ4v) is 5.84. The maximum absolute atomic E-state index is 13.9. The molecule has 37 heavy (non-hydrogen) atoms. The topological polar surface area (TPSA) is 66.5 Å². The number of nitrogens with zero attached hydrogens (tertiary/aromatic N) is 1. The lowest BCUT2D eigenvalue weighted by Gasteiger charge is -2.24. The molecule has 4 aromatic rings. The molecule has 0 saturated carbocycles. The number of benzene rings is 4. The Hall–Kier alpha value is -4.03. The number of anilines is 1. The minimum Gasteiger partial charge on any atom is -0.348 e. The summed E-state index contributed by atoms with van der Waals surface area (Å²) in [4.78, 5) is 29.6. The van der Waals surface area contributed by atoms with Gasteiger partial charge in [0, 0.05) is 12.1 Å². The summed E-state index contributed by atoms with van der Waals surface area (Å²) < 4.78 is 13.6. The van der Waals surface area contributed by atoms with Crippen LogP contribution in [0.2, 0.25) is 0 Å². The lowest BCUT2D eigenvalue weighted by Crippen LogP contribution is -2.31. The molecule has 1 atom stereocenters. The van der Waals surface area contributed by atoms with Crippen molar-refractivity contribution >= 4 is 28.3 Å². The highest BCUT2D eigenvalue weighted by molar-refractivity contribution is 7.85. The molecule has 1 N–H and O–H groups in total. The Labute approximate surface area is 219 Å². The fraction of sp³-hybridized carbons (Fsp3) is 0.161. The number of amides is 2. The van der Waals surface area contributed by atoms with Crippen molar-refractivity contribution in [2.45, 2.75) is 43.7 Å². The first-order chi connectivity index (χ1) is 17.8. The second-order valence-electron chi connectivity index (χ2n) is 9.44. The van der Waals surface area contributed by atoms with E-state index >= 15 is 0 Å². The van der Waals surface area contributed by atoms with Crippen LogP contribution < -0.4 is 10.2 Å². The third kappa shape index (κ3) is 4.98. The van der Waals surface area contributed by atoms with Crippen molar-refractivity contribution in [2.24, 2.45) is 0 Å². The third-order valence-electron chi connectivity index (χ3n) is 6.68. The van der Waals surface area contributed by atoms with Gasteiger partial charge in [-0.3, -0.25) is 9.59 Å². The molecule has 0 fully saturated rings. The SMILES string of the molecule is Cc1ccc(CNC(=O)c2ccc3c(c2)N(Cc2cc(C)ccc2C)C(=O)c2ccccc2[S@]3=O)cc1. The average molecular weight is 509 g/mol. The van der Waals surface area contributed by atoms with E-state index < -0.39 is 10.8 Å². The van der Waals surface area contributed by atoms with Gasteiger partial charge in [-0.05, 0) is 67.8 Å². The van der Waals surface area contributed by atoms with Gasteiger partial charge in [0.1, 0.15) is 0 Å². The largest absolute Gasteiger partial charge is 0.348 e. The smallest absolute Gasteiger partial charge is 0.259 e. The Morgan fingerprint density at radius 2 is 1.57 bits per heavy atom. The predicted molar refractivity (Wildman–Crippen MR) is 146 cm³/mol. The van der Waals surface area contributed by atoms with Crippen LogP contribution in [0.5, 0.6) is 0 Å². The summed E-state index contributed by atoms with van der Waals surface area (Å²) in [5, 5.41) is 2.96. The van der Waals surface area contributed by atoms with Crippen LogP contribution in [0.1, 0.15) is 48.5 Å². The number of carbonyl (C=O) groups is 2. The number of nitrogens with one attached hydrogen (secondary N) is 1. The normalized spacial score (nSPS) is 14.5. The molecule has 5 rings (SSSR count). The first-order valence-electron chi connectivity index (χ1n) is 12.2. The molecule has 1 aliphatic heterocycles. The molecule has 5 nitrogen and oxygen atoms in total. The Morgan fingerprint density at radius 3 is 2.35 bits per heavy atom. The Morgan fingerprint density at radius 1 is 0.838 bits per heavy atom. The van der Waals surface area contributed by atoms with Crippen LogP contribution in [-0.4, -0.2) is 16.0 Å². The molecule has 186 valence electrons. The lowest BCUT2D eigenvalue weighted by molar-refractivity contribution is 0.0947. The van der Waals surface area contributed by atoms with Crippen molar-refractivity contribution in [2.75, 3.05) is 4.90 Å². The van der Waals surface area contributed by atoms with Gasteiger partial charge in [0.15, 0.2) is 0 Å². The number of fused-ring (bicyclic) bond motifs is 2. The van der Waals surface area contributed by atoms with E-state index in [1.165, 1.54) is 0 Å². The lowest BCUT2D eigenvalue weighted by atomic mass is 10.0. The zero-order chi connectivity index (χ0) is 26.1. The first kappa shape index (κ1) is 24.7. The summed E-state index contributed by atoms with van der Waals surface area (Å²) in [7, 11) is -1.57. The van der Waals surface area contributed by atoms with Crippen LogP contribution >= 0.6 is 0 Å². The minimum absolute atomic E-state index is 0.235. The molecular weight excluding hydrogens is 480 g/mol. The molecule has 2 amide bonds. The first-order valence-corrected chi connectivity index (χ1v) is 13.3. The van der Waals surface area contributed by atoms with Crippen LogP contribution in [0.4, 0.5) is 5.69 Å². The molecule has 1 heterocycles. The average Bonchev–Trinajstić information content (AvgIpc) is 2.99. The number of hydrogen-bond acceptors (Lipinski definition) is 3. The van der Waals surface area contributed by atoms with E-state index in [1.807, 2.05) is 57.2 Å². The molecule has 4 aromatic carbocycles. The summed E-state index contributed by atoms with van der Waals surface area (Å²) in [6.45, 7) is 6.74. The van der Waals surface area contributed by atoms with Gasteiger partial charge in [0.2, 0.25) is 0 Å². The molecule has 6 heteroatoms. The van der Waals surface area contributed by atoms with Gasteiger partial charge in [-0.15, -0.1) is 0 Å². The second-order valence-corrected chi connectivity index (χ2v) is 10.9. The van der Waals surface area contributed by atoms with Crippen LogP contribution in [-0.2, 0) is 23.9 Å². The van der Waals surface area contributed by atoms with Crippen molar-refractivity contribution in [1.82, 2.24) is 5.32 Å². The maximum Gasteiger partial charge on any atom is 0.259 e.